The molecule has 2 heterocycles. The number of amides is 1. The number of aromatic nitrogens is 2. The molecule has 1 amide bonds. The number of carbonyl (C=O) groups is 1. The van der Waals surface area contributed by atoms with E-state index in [0.29, 0.717) is 13.2 Å². The van der Waals surface area contributed by atoms with Gasteiger partial charge in [0.05, 0.1) is 6.20 Å². The predicted molar refractivity (Wildman–Crippen MR) is 63.5 cm³/mol. The van der Waals surface area contributed by atoms with E-state index in [2.05, 4.69) is 17.3 Å². The van der Waals surface area contributed by atoms with Crippen molar-refractivity contribution in [1.82, 2.24) is 15.1 Å². The standard InChI is InChI=1S/C12H19N3O2/c1-3-15-9(2)10(8-14-15)7-13-12(16)11-5-4-6-17-11/h8,11H,3-7H2,1-2H3,(H,13,16)/t11-/m0/s1. The van der Waals surface area contributed by atoms with Gasteiger partial charge in [-0.05, 0) is 26.7 Å². The van der Waals surface area contributed by atoms with Gasteiger partial charge in [-0.2, -0.15) is 5.10 Å². The first-order chi connectivity index (χ1) is 8.22. The van der Waals surface area contributed by atoms with Gasteiger partial charge in [-0.25, -0.2) is 0 Å². The molecular formula is C12H19N3O2. The first kappa shape index (κ1) is 12.1. The summed E-state index contributed by atoms with van der Waals surface area (Å²) in [5.41, 5.74) is 2.18. The van der Waals surface area contributed by atoms with Crippen molar-refractivity contribution in [1.29, 1.82) is 0 Å². The Bertz CT molecular complexity index is 394. The molecule has 0 saturated carbocycles. The Balaban J connectivity index is 1.88. The molecule has 1 aliphatic rings. The fraction of sp³-hybridized carbons (Fsp3) is 0.667. The van der Waals surface area contributed by atoms with E-state index < -0.39 is 0 Å². The number of carbonyl (C=O) groups excluding carboxylic acids is 1. The van der Waals surface area contributed by atoms with E-state index in [9.17, 15) is 4.79 Å². The van der Waals surface area contributed by atoms with Crippen LogP contribution in [0.15, 0.2) is 6.20 Å². The van der Waals surface area contributed by atoms with Crippen molar-refractivity contribution >= 4 is 5.91 Å². The second-order valence-corrected chi connectivity index (χ2v) is 4.29. The molecular weight excluding hydrogens is 218 g/mol. The van der Waals surface area contributed by atoms with E-state index in [0.717, 1.165) is 30.6 Å². The topological polar surface area (TPSA) is 56.2 Å². The van der Waals surface area contributed by atoms with Gasteiger partial charge in [0.2, 0.25) is 5.91 Å². The Kier molecular flexibility index (Phi) is 3.78. The van der Waals surface area contributed by atoms with Gasteiger partial charge in [0, 0.05) is 31.0 Å². The lowest BCUT2D eigenvalue weighted by Crippen LogP contribution is -2.33. The van der Waals surface area contributed by atoms with Crippen LogP contribution in [-0.4, -0.2) is 28.4 Å². The van der Waals surface area contributed by atoms with Gasteiger partial charge in [-0.15, -0.1) is 0 Å². The molecule has 1 fully saturated rings. The highest BCUT2D eigenvalue weighted by Gasteiger charge is 2.23. The average molecular weight is 237 g/mol. The number of hydrogen-bond donors (Lipinski definition) is 1. The number of aryl methyl sites for hydroxylation is 1. The normalized spacial score (nSPS) is 19.5. The molecule has 1 N–H and O–H groups in total. The highest BCUT2D eigenvalue weighted by Crippen LogP contribution is 2.12. The molecule has 5 heteroatoms. The molecule has 94 valence electrons. The second kappa shape index (κ2) is 5.31. The van der Waals surface area contributed by atoms with Crippen molar-refractivity contribution in [3.63, 3.8) is 0 Å². The minimum atomic E-state index is -0.253. The van der Waals surface area contributed by atoms with E-state index >= 15 is 0 Å². The summed E-state index contributed by atoms with van der Waals surface area (Å²) in [5, 5.41) is 7.15. The molecule has 1 saturated heterocycles. The first-order valence-electron chi connectivity index (χ1n) is 6.13. The van der Waals surface area contributed by atoms with Crippen LogP contribution in [-0.2, 0) is 22.6 Å². The minimum Gasteiger partial charge on any atom is -0.368 e. The molecule has 1 atom stereocenters. The zero-order valence-corrected chi connectivity index (χ0v) is 10.4. The van der Waals surface area contributed by atoms with E-state index in [1.54, 1.807) is 0 Å². The smallest absolute Gasteiger partial charge is 0.249 e. The zero-order chi connectivity index (χ0) is 12.3. The summed E-state index contributed by atoms with van der Waals surface area (Å²) >= 11 is 0. The van der Waals surface area contributed by atoms with Crippen LogP contribution in [0.5, 0.6) is 0 Å². The average Bonchev–Trinajstić information content (AvgIpc) is 2.96. The van der Waals surface area contributed by atoms with Crippen LogP contribution < -0.4 is 5.32 Å². The van der Waals surface area contributed by atoms with Crippen molar-refractivity contribution in [2.75, 3.05) is 6.61 Å². The van der Waals surface area contributed by atoms with Gasteiger partial charge in [-0.1, -0.05) is 0 Å². The predicted octanol–water partition coefficient (Wildman–Crippen LogP) is 1.01. The highest BCUT2D eigenvalue weighted by molar-refractivity contribution is 5.80. The number of hydrogen-bond acceptors (Lipinski definition) is 3. The van der Waals surface area contributed by atoms with Gasteiger partial charge >= 0.3 is 0 Å². The lowest BCUT2D eigenvalue weighted by Gasteiger charge is -2.10. The molecule has 0 unspecified atom stereocenters. The van der Waals surface area contributed by atoms with E-state index in [1.165, 1.54) is 0 Å². The van der Waals surface area contributed by atoms with Crippen LogP contribution in [0, 0.1) is 6.92 Å². The van der Waals surface area contributed by atoms with Crippen molar-refractivity contribution in [2.24, 2.45) is 0 Å². The summed E-state index contributed by atoms with van der Waals surface area (Å²) in [5.74, 6) is -0.00820. The van der Waals surface area contributed by atoms with Gasteiger partial charge in [0.15, 0.2) is 0 Å². The van der Waals surface area contributed by atoms with Crippen LogP contribution in [0.3, 0.4) is 0 Å². The van der Waals surface area contributed by atoms with Crippen molar-refractivity contribution < 1.29 is 9.53 Å². The molecule has 0 radical (unpaired) electrons. The largest absolute Gasteiger partial charge is 0.368 e. The Morgan fingerprint density at radius 3 is 3.12 bits per heavy atom. The third-order valence-corrected chi connectivity index (χ3v) is 3.18. The second-order valence-electron chi connectivity index (χ2n) is 4.29. The van der Waals surface area contributed by atoms with E-state index in [1.807, 2.05) is 17.8 Å². The molecule has 2 rings (SSSR count). The SMILES string of the molecule is CCn1ncc(CNC(=O)[C@@H]2CCCO2)c1C. The Labute approximate surface area is 101 Å². The van der Waals surface area contributed by atoms with Crippen LogP contribution in [0.4, 0.5) is 0 Å². The summed E-state index contributed by atoms with van der Waals surface area (Å²) in [7, 11) is 0. The molecule has 1 aliphatic heterocycles. The number of nitrogens with one attached hydrogen (secondary N) is 1. The zero-order valence-electron chi connectivity index (χ0n) is 10.4. The van der Waals surface area contributed by atoms with Crippen LogP contribution in [0.2, 0.25) is 0 Å². The molecule has 1 aromatic heterocycles. The summed E-state index contributed by atoms with van der Waals surface area (Å²) in [6.07, 6.45) is 3.37. The lowest BCUT2D eigenvalue weighted by atomic mass is 10.2. The summed E-state index contributed by atoms with van der Waals surface area (Å²) in [6, 6.07) is 0. The Morgan fingerprint density at radius 2 is 2.53 bits per heavy atom. The molecule has 0 aliphatic carbocycles. The number of nitrogens with zero attached hydrogens (tertiary/aromatic N) is 2. The molecule has 1 aromatic rings. The van der Waals surface area contributed by atoms with Gasteiger partial charge in [0.25, 0.3) is 0 Å². The molecule has 0 spiro atoms. The Morgan fingerprint density at radius 1 is 1.71 bits per heavy atom. The van der Waals surface area contributed by atoms with Crippen molar-refractivity contribution in [2.45, 2.75) is 45.9 Å². The third-order valence-electron chi connectivity index (χ3n) is 3.18. The summed E-state index contributed by atoms with van der Waals surface area (Å²) < 4.78 is 7.25. The molecule has 0 bridgehead atoms. The Hall–Kier alpha value is -1.36. The molecule has 17 heavy (non-hydrogen) atoms. The molecule has 0 aromatic carbocycles. The quantitative estimate of drug-likeness (QED) is 0.850. The van der Waals surface area contributed by atoms with Crippen LogP contribution >= 0.6 is 0 Å². The minimum absolute atomic E-state index is 0.00820. The fourth-order valence-electron chi connectivity index (χ4n) is 2.06. The van der Waals surface area contributed by atoms with Crippen molar-refractivity contribution in [3.05, 3.63) is 17.5 Å². The fourth-order valence-corrected chi connectivity index (χ4v) is 2.06. The monoisotopic (exact) mass is 237 g/mol. The van der Waals surface area contributed by atoms with Gasteiger partial charge in [-0.3, -0.25) is 9.48 Å². The van der Waals surface area contributed by atoms with E-state index in [4.69, 9.17) is 4.74 Å². The first-order valence-corrected chi connectivity index (χ1v) is 6.13. The molecule has 5 nitrogen and oxygen atoms in total. The third kappa shape index (κ3) is 2.66. The van der Waals surface area contributed by atoms with Crippen LogP contribution in [0.1, 0.15) is 31.0 Å². The van der Waals surface area contributed by atoms with Crippen molar-refractivity contribution in [3.8, 4) is 0 Å². The van der Waals surface area contributed by atoms with Crippen LogP contribution in [0.25, 0.3) is 0 Å². The van der Waals surface area contributed by atoms with E-state index in [-0.39, 0.29) is 12.0 Å². The maximum atomic E-state index is 11.7. The maximum absolute atomic E-state index is 11.7. The number of ether oxygens (including phenoxy) is 1. The lowest BCUT2D eigenvalue weighted by molar-refractivity contribution is -0.130. The van der Waals surface area contributed by atoms with Gasteiger partial charge < -0.3 is 10.1 Å². The van der Waals surface area contributed by atoms with Gasteiger partial charge in [0.1, 0.15) is 6.10 Å². The summed E-state index contributed by atoms with van der Waals surface area (Å²) in [4.78, 5) is 11.7. The highest BCUT2D eigenvalue weighted by atomic mass is 16.5. The summed E-state index contributed by atoms with van der Waals surface area (Å²) in [6.45, 7) is 6.15. The number of rotatable bonds is 4. The maximum Gasteiger partial charge on any atom is 0.249 e.